The average Bonchev–Trinajstić information content (AvgIpc) is 2.90. The third-order valence-electron chi connectivity index (χ3n) is 2.72. The molecule has 6 nitrogen and oxygen atoms in total. The number of aromatic nitrogens is 2. The third kappa shape index (κ3) is 5.54. The van der Waals surface area contributed by atoms with Crippen LogP contribution in [0.3, 0.4) is 0 Å². The van der Waals surface area contributed by atoms with Crippen LogP contribution in [0.25, 0.3) is 0 Å². The van der Waals surface area contributed by atoms with Crippen molar-refractivity contribution in [2.45, 2.75) is 39.2 Å². The molecule has 0 fully saturated rings. The van der Waals surface area contributed by atoms with E-state index in [-0.39, 0.29) is 18.5 Å². The van der Waals surface area contributed by atoms with Gasteiger partial charge in [0.25, 0.3) is 0 Å². The second kappa shape index (κ2) is 8.29. The monoisotopic (exact) mass is 267 g/mol. The summed E-state index contributed by atoms with van der Waals surface area (Å²) in [6.07, 6.45) is 7.46. The van der Waals surface area contributed by atoms with E-state index < -0.39 is 5.97 Å². The molecule has 0 spiro atoms. The van der Waals surface area contributed by atoms with Gasteiger partial charge in [-0.3, -0.25) is 9.59 Å². The molecule has 106 valence electrons. The fourth-order valence-corrected chi connectivity index (χ4v) is 1.84. The minimum atomic E-state index is -0.412. The summed E-state index contributed by atoms with van der Waals surface area (Å²) in [6, 6.07) is 0.0784. The molecule has 1 heterocycles. The molecule has 0 saturated heterocycles. The molecular formula is C13H21N3O3. The molecule has 1 amide bonds. The van der Waals surface area contributed by atoms with E-state index in [2.05, 4.69) is 17.2 Å². The van der Waals surface area contributed by atoms with Crippen molar-refractivity contribution in [1.82, 2.24) is 14.9 Å². The number of carbonyl (C=O) groups excluding carboxylic acids is 2. The van der Waals surface area contributed by atoms with Crippen LogP contribution < -0.4 is 5.32 Å². The maximum absolute atomic E-state index is 11.8. The van der Waals surface area contributed by atoms with E-state index in [0.29, 0.717) is 13.0 Å². The number of hydrogen-bond donors (Lipinski definition) is 1. The Morgan fingerprint density at radius 1 is 1.42 bits per heavy atom. The fourth-order valence-electron chi connectivity index (χ4n) is 1.84. The van der Waals surface area contributed by atoms with E-state index in [0.717, 1.165) is 12.8 Å². The Morgan fingerprint density at radius 3 is 2.79 bits per heavy atom. The molecule has 19 heavy (non-hydrogen) atoms. The molecule has 0 aliphatic rings. The number of hydrogen-bond acceptors (Lipinski definition) is 4. The van der Waals surface area contributed by atoms with E-state index in [1.807, 2.05) is 10.8 Å². The summed E-state index contributed by atoms with van der Waals surface area (Å²) in [5.74, 6) is -0.564. The number of esters is 1. The van der Waals surface area contributed by atoms with Crippen LogP contribution in [0.15, 0.2) is 18.7 Å². The predicted octanol–water partition coefficient (Wildman–Crippen LogP) is 1.29. The first-order valence-corrected chi connectivity index (χ1v) is 6.57. The standard InChI is InChI=1S/C13H21N3O3/c1-3-5-11(16-7-6-14-10-16)8-12(17)15-9-13(18)19-4-2/h6-7,10-11H,3-5,8-9H2,1-2H3,(H,15,17). The van der Waals surface area contributed by atoms with Crippen molar-refractivity contribution in [3.63, 3.8) is 0 Å². The van der Waals surface area contributed by atoms with Crippen molar-refractivity contribution in [1.29, 1.82) is 0 Å². The van der Waals surface area contributed by atoms with Crippen LogP contribution in [0.4, 0.5) is 0 Å². The highest BCUT2D eigenvalue weighted by molar-refractivity contribution is 5.82. The van der Waals surface area contributed by atoms with Crippen LogP contribution in [0.1, 0.15) is 39.2 Å². The van der Waals surface area contributed by atoms with Gasteiger partial charge in [-0.1, -0.05) is 13.3 Å². The highest BCUT2D eigenvalue weighted by atomic mass is 16.5. The second-order valence-corrected chi connectivity index (χ2v) is 4.24. The number of nitrogens with one attached hydrogen (secondary N) is 1. The molecule has 1 aromatic rings. The van der Waals surface area contributed by atoms with Gasteiger partial charge in [-0.25, -0.2) is 4.98 Å². The Bertz CT molecular complexity index is 390. The van der Waals surface area contributed by atoms with Crippen molar-refractivity contribution < 1.29 is 14.3 Å². The molecule has 0 saturated carbocycles. The number of ether oxygens (including phenoxy) is 1. The molecule has 0 bridgehead atoms. The number of carbonyl (C=O) groups is 2. The normalized spacial score (nSPS) is 11.9. The summed E-state index contributed by atoms with van der Waals surface area (Å²) >= 11 is 0. The smallest absolute Gasteiger partial charge is 0.325 e. The molecule has 0 radical (unpaired) electrons. The molecule has 0 aromatic carbocycles. The molecule has 1 unspecified atom stereocenters. The fraction of sp³-hybridized carbons (Fsp3) is 0.615. The topological polar surface area (TPSA) is 73.2 Å². The van der Waals surface area contributed by atoms with Gasteiger partial charge < -0.3 is 14.6 Å². The lowest BCUT2D eigenvalue weighted by Gasteiger charge is -2.17. The minimum Gasteiger partial charge on any atom is -0.465 e. The Hall–Kier alpha value is -1.85. The molecule has 1 aromatic heterocycles. The largest absolute Gasteiger partial charge is 0.465 e. The van der Waals surface area contributed by atoms with Gasteiger partial charge in [-0.15, -0.1) is 0 Å². The van der Waals surface area contributed by atoms with Crippen molar-refractivity contribution >= 4 is 11.9 Å². The molecule has 1 rings (SSSR count). The van der Waals surface area contributed by atoms with Gasteiger partial charge in [-0.05, 0) is 13.3 Å². The van der Waals surface area contributed by atoms with Crippen LogP contribution in [-0.2, 0) is 14.3 Å². The van der Waals surface area contributed by atoms with Gasteiger partial charge in [-0.2, -0.15) is 0 Å². The van der Waals surface area contributed by atoms with E-state index in [1.165, 1.54) is 0 Å². The highest BCUT2D eigenvalue weighted by Crippen LogP contribution is 2.17. The van der Waals surface area contributed by atoms with Crippen LogP contribution >= 0.6 is 0 Å². The van der Waals surface area contributed by atoms with Crippen LogP contribution in [0.5, 0.6) is 0 Å². The lowest BCUT2D eigenvalue weighted by molar-refractivity contribution is -0.143. The SMILES string of the molecule is CCCC(CC(=O)NCC(=O)OCC)n1ccnc1. The van der Waals surface area contributed by atoms with Crippen LogP contribution in [0, 0.1) is 0 Å². The van der Waals surface area contributed by atoms with Crippen molar-refractivity contribution in [3.8, 4) is 0 Å². The van der Waals surface area contributed by atoms with Gasteiger partial charge in [0, 0.05) is 24.9 Å². The van der Waals surface area contributed by atoms with E-state index in [1.54, 1.807) is 19.4 Å². The number of amides is 1. The van der Waals surface area contributed by atoms with Crippen LogP contribution in [0.2, 0.25) is 0 Å². The van der Waals surface area contributed by atoms with Gasteiger partial charge >= 0.3 is 5.97 Å². The Balaban J connectivity index is 2.42. The Kier molecular flexibility index (Phi) is 6.63. The Labute approximate surface area is 113 Å². The quantitative estimate of drug-likeness (QED) is 0.720. The average molecular weight is 267 g/mol. The lowest BCUT2D eigenvalue weighted by Crippen LogP contribution is -2.32. The lowest BCUT2D eigenvalue weighted by atomic mass is 10.1. The van der Waals surface area contributed by atoms with Crippen molar-refractivity contribution in [2.75, 3.05) is 13.2 Å². The number of nitrogens with zero attached hydrogens (tertiary/aromatic N) is 2. The molecule has 6 heteroatoms. The molecule has 0 aliphatic heterocycles. The summed E-state index contributed by atoms with van der Waals surface area (Å²) in [4.78, 5) is 26.9. The van der Waals surface area contributed by atoms with Crippen LogP contribution in [-0.4, -0.2) is 34.6 Å². The second-order valence-electron chi connectivity index (χ2n) is 4.24. The first kappa shape index (κ1) is 15.2. The molecule has 1 N–H and O–H groups in total. The first-order chi connectivity index (χ1) is 9.17. The van der Waals surface area contributed by atoms with E-state index in [4.69, 9.17) is 4.74 Å². The molecule has 0 aliphatic carbocycles. The highest BCUT2D eigenvalue weighted by Gasteiger charge is 2.15. The Morgan fingerprint density at radius 2 is 2.21 bits per heavy atom. The summed E-state index contributed by atoms with van der Waals surface area (Å²) in [6.45, 7) is 4.05. The molecule has 1 atom stereocenters. The maximum Gasteiger partial charge on any atom is 0.325 e. The van der Waals surface area contributed by atoms with Gasteiger partial charge in [0.1, 0.15) is 6.54 Å². The predicted molar refractivity (Wildman–Crippen MR) is 70.4 cm³/mol. The summed E-state index contributed by atoms with van der Waals surface area (Å²) in [7, 11) is 0. The van der Waals surface area contributed by atoms with E-state index in [9.17, 15) is 9.59 Å². The van der Waals surface area contributed by atoms with Gasteiger partial charge in [0.15, 0.2) is 0 Å². The zero-order chi connectivity index (χ0) is 14.1. The zero-order valence-corrected chi connectivity index (χ0v) is 11.5. The first-order valence-electron chi connectivity index (χ1n) is 6.57. The summed E-state index contributed by atoms with van der Waals surface area (Å²) in [5.41, 5.74) is 0. The summed E-state index contributed by atoms with van der Waals surface area (Å²) in [5, 5.41) is 2.57. The van der Waals surface area contributed by atoms with Crippen molar-refractivity contribution in [2.24, 2.45) is 0 Å². The zero-order valence-electron chi connectivity index (χ0n) is 11.5. The van der Waals surface area contributed by atoms with E-state index >= 15 is 0 Å². The van der Waals surface area contributed by atoms with Crippen molar-refractivity contribution in [3.05, 3.63) is 18.7 Å². The van der Waals surface area contributed by atoms with Gasteiger partial charge in [0.05, 0.1) is 12.9 Å². The third-order valence-corrected chi connectivity index (χ3v) is 2.72. The minimum absolute atomic E-state index is 0.0740. The number of rotatable bonds is 8. The maximum atomic E-state index is 11.8. The summed E-state index contributed by atoms with van der Waals surface area (Å²) < 4.78 is 6.67. The molecular weight excluding hydrogens is 246 g/mol. The number of imidazole rings is 1. The van der Waals surface area contributed by atoms with Gasteiger partial charge in [0.2, 0.25) is 5.91 Å².